The summed E-state index contributed by atoms with van der Waals surface area (Å²) in [5, 5.41) is 52.2. The summed E-state index contributed by atoms with van der Waals surface area (Å²) in [6.45, 7) is -7.47. The fraction of sp³-hybridized carbons (Fsp3) is 0.457. The van der Waals surface area contributed by atoms with Crippen LogP contribution in [-0.2, 0) is 102 Å². The zero-order valence-electron chi connectivity index (χ0n) is 64.1. The smallest absolute Gasteiger partial charge is 0.393 e. The van der Waals surface area contributed by atoms with Crippen molar-refractivity contribution in [2.24, 2.45) is 11.8 Å². The number of fused-ring (bicyclic) bond motifs is 8. The maximum Gasteiger partial charge on any atom is 0.698 e. The predicted molar refractivity (Wildman–Crippen MR) is 420 cm³/mol. The molecule has 18 atom stereocenters. The highest BCUT2D eigenvalue weighted by Crippen LogP contribution is 2.61. The van der Waals surface area contributed by atoms with Gasteiger partial charge in [0, 0.05) is 27.5 Å². The van der Waals surface area contributed by atoms with Crippen LogP contribution in [0.25, 0.3) is 44.7 Å². The number of H-pyrrole nitrogens is 2. The molecule has 0 saturated carbocycles. The monoisotopic (exact) mass is 1780 g/mol. The molecule has 640 valence electrons. The first-order valence-electron chi connectivity index (χ1n) is 37.5. The number of ether oxygens (including phenoxy) is 6. The number of aromatic nitrogens is 16. The zero-order valence-corrected chi connectivity index (χ0v) is 68.4. The van der Waals surface area contributed by atoms with Gasteiger partial charge in [-0.05, 0) is 47.9 Å². The molecule has 14 heterocycles. The van der Waals surface area contributed by atoms with E-state index in [0.717, 1.165) is 21.8 Å². The molecule has 0 radical (unpaired) electrons. The molecule has 6 aliphatic rings. The highest BCUT2D eigenvalue weighted by molar-refractivity contribution is 8.07. The molecule has 2 unspecified atom stereocenters. The number of amides is 4. The van der Waals surface area contributed by atoms with E-state index in [1.54, 1.807) is 88.4 Å². The number of halogens is 2. The molecule has 122 heavy (non-hydrogen) atoms. The summed E-state index contributed by atoms with van der Waals surface area (Å²) in [7, 11) is -3.95. The number of aromatic amines is 2. The number of hydrogen-bond acceptors (Lipinski definition) is 37. The van der Waals surface area contributed by atoms with Gasteiger partial charge >= 0.3 is 21.7 Å². The fourth-order valence-electron chi connectivity index (χ4n) is 14.2. The Balaban J connectivity index is 0.685. The number of nitriles is 2. The Hall–Kier alpha value is -10.3. The molecule has 4 bridgehead atoms. The minimum atomic E-state index is -4.41. The average molecular weight is 1780 g/mol. The second-order valence-electron chi connectivity index (χ2n) is 28.9. The van der Waals surface area contributed by atoms with Crippen molar-refractivity contribution in [3.8, 4) is 12.1 Å². The third-order valence-electron chi connectivity index (χ3n) is 20.4. The number of alkyl halides is 2. The topological polar surface area (TPSA) is 565 Å². The second-order valence-corrected chi connectivity index (χ2v) is 35.7. The number of rotatable bonds is 34. The first kappa shape index (κ1) is 85.3. The lowest BCUT2D eigenvalue weighted by molar-refractivity contribution is -0.185. The Kier molecular flexibility index (Phi) is 24.6. The molecule has 6 aliphatic heterocycles. The van der Waals surface area contributed by atoms with Crippen molar-refractivity contribution in [3.05, 3.63) is 130 Å². The maximum atomic E-state index is 18.2. The molecule has 10 aromatic rings. The third-order valence-corrected chi connectivity index (χ3v) is 25.9. The van der Waals surface area contributed by atoms with Gasteiger partial charge < -0.3 is 67.4 Å². The van der Waals surface area contributed by atoms with Crippen LogP contribution < -0.4 is 32.4 Å². The Morgan fingerprint density at radius 1 is 0.574 bits per heavy atom. The summed E-state index contributed by atoms with van der Waals surface area (Å²) in [6.07, 6.45) is -18.4. The van der Waals surface area contributed by atoms with Gasteiger partial charge in [-0.3, -0.25) is 76.7 Å². The molecule has 8 N–H and O–H groups in total. The molecule has 52 heteroatoms. The van der Waals surface area contributed by atoms with Crippen molar-refractivity contribution < 1.29 is 107 Å². The van der Waals surface area contributed by atoms with Gasteiger partial charge in [0.2, 0.25) is 23.7 Å². The second kappa shape index (κ2) is 35.2. The van der Waals surface area contributed by atoms with Crippen molar-refractivity contribution >= 4 is 137 Å². The van der Waals surface area contributed by atoms with Crippen LogP contribution in [0.3, 0.4) is 0 Å². The van der Waals surface area contributed by atoms with Crippen LogP contribution in [0, 0.1) is 34.5 Å². The third kappa shape index (κ3) is 16.6. The normalized spacial score (nSPS) is 27.1. The van der Waals surface area contributed by atoms with Crippen LogP contribution in [0.1, 0.15) is 86.2 Å². The van der Waals surface area contributed by atoms with E-state index in [1.807, 2.05) is 12.1 Å². The lowest BCUT2D eigenvalue weighted by Crippen LogP contribution is -2.45. The van der Waals surface area contributed by atoms with E-state index < -0.39 is 228 Å². The number of aliphatic hydroxyl groups is 2. The number of carbonyl (C=O) groups is 4. The van der Waals surface area contributed by atoms with Crippen molar-refractivity contribution in [3.63, 3.8) is 0 Å². The van der Waals surface area contributed by atoms with E-state index in [9.17, 15) is 49.5 Å². The number of benzene rings is 2. The van der Waals surface area contributed by atoms with E-state index in [0.29, 0.717) is 11.1 Å². The zero-order chi connectivity index (χ0) is 85.7. The molecule has 45 nitrogen and oxygen atoms in total. The lowest BCUT2D eigenvalue weighted by atomic mass is 10.0. The van der Waals surface area contributed by atoms with Crippen LogP contribution in [0.4, 0.5) is 32.3 Å². The van der Waals surface area contributed by atoms with Gasteiger partial charge in [0.05, 0.1) is 103 Å². The number of hydrogen-bond donors (Lipinski definition) is 8. The van der Waals surface area contributed by atoms with Gasteiger partial charge in [-0.1, -0.05) is 64.1 Å². The summed E-state index contributed by atoms with van der Waals surface area (Å²) in [6, 6.07) is 20.5. The first-order valence-corrected chi connectivity index (χ1v) is 43.7. The Bertz CT molecular complexity index is 5650. The number of aliphatic hydroxyl groups excluding tert-OH is 2. The van der Waals surface area contributed by atoms with Gasteiger partial charge in [-0.15, -0.1) is 9.05 Å². The van der Waals surface area contributed by atoms with Crippen LogP contribution in [0.5, 0.6) is 0 Å². The number of anilines is 4. The minimum absolute atomic E-state index is 0.0405. The Morgan fingerprint density at radius 2 is 0.959 bits per heavy atom. The quantitative estimate of drug-likeness (QED) is 0.0195. The molecule has 0 spiro atoms. The number of nitrogens with one attached hydrogen (secondary N) is 6. The number of nitrogens with zero attached hydrogens (tertiary/aromatic N) is 16. The molecule has 8 aromatic heterocycles. The van der Waals surface area contributed by atoms with Gasteiger partial charge in [0.1, 0.15) is 60.5 Å². The Labute approximate surface area is 696 Å². The summed E-state index contributed by atoms with van der Waals surface area (Å²) < 4.78 is 145. The minimum Gasteiger partial charge on any atom is -0.393 e. The lowest BCUT2D eigenvalue weighted by Gasteiger charge is -2.31. The molecule has 0 aliphatic carbocycles. The molecule has 4 amide bonds. The van der Waals surface area contributed by atoms with Gasteiger partial charge in [0.25, 0.3) is 22.9 Å². The number of imidazole rings is 4. The van der Waals surface area contributed by atoms with Gasteiger partial charge in [-0.25, -0.2) is 48.7 Å². The van der Waals surface area contributed by atoms with E-state index in [1.165, 1.54) is 34.4 Å². The summed E-state index contributed by atoms with van der Waals surface area (Å²) in [5.41, 5.74) is -5.62. The summed E-state index contributed by atoms with van der Waals surface area (Å²) in [5.74, 6) is -4.18. The van der Waals surface area contributed by atoms with Gasteiger partial charge in [-0.2, -0.15) is 20.5 Å². The van der Waals surface area contributed by atoms with Crippen molar-refractivity contribution in [2.75, 3.05) is 74.1 Å². The average Bonchev–Trinajstić information content (AvgIpc) is 1.56. The summed E-state index contributed by atoms with van der Waals surface area (Å²) >= 11 is 12.1. The molecular weight excluding hydrogens is 1710 g/mol. The van der Waals surface area contributed by atoms with Crippen molar-refractivity contribution in [1.29, 1.82) is 10.5 Å². The van der Waals surface area contributed by atoms with Crippen LogP contribution in [0.2, 0.25) is 0 Å². The van der Waals surface area contributed by atoms with Crippen LogP contribution in [0.15, 0.2) is 108 Å². The largest absolute Gasteiger partial charge is 0.698 e. The molecule has 6 fully saturated rings. The molecule has 16 rings (SSSR count). The highest BCUT2D eigenvalue weighted by Gasteiger charge is 2.67. The summed E-state index contributed by atoms with van der Waals surface area (Å²) in [4.78, 5) is 128. The molecule has 2 aromatic carbocycles. The van der Waals surface area contributed by atoms with E-state index >= 15 is 13.3 Å². The van der Waals surface area contributed by atoms with E-state index in [4.69, 9.17) is 88.2 Å². The first-order chi connectivity index (χ1) is 58.7. The molecular formula is C70H72F2N22O23P3S2+. The predicted octanol–water partition coefficient (Wildman–Crippen LogP) is 4.96. The van der Waals surface area contributed by atoms with Crippen molar-refractivity contribution in [2.45, 2.75) is 138 Å². The highest BCUT2D eigenvalue weighted by atomic mass is 32.5. The van der Waals surface area contributed by atoms with E-state index in [2.05, 4.69) is 81.1 Å². The van der Waals surface area contributed by atoms with Crippen LogP contribution in [-0.4, -0.2) is 237 Å². The van der Waals surface area contributed by atoms with E-state index in [-0.39, 0.29) is 71.3 Å². The maximum absolute atomic E-state index is 18.2. The molecule has 6 saturated heterocycles. The Morgan fingerprint density at radius 3 is 1.34 bits per heavy atom. The SMILES string of the molecule is CC(C)C(=O)Nc1nc2c(ncn2[C@@H]2O[C@H](COP(=S)(OCCC#N)O[C@H]3[C@H]4OC[C@]3(CO)O[C@H]4n3cnc4c(NC(=O)c5ccccc5)ncnc43)[C@H](F)[C@H]2O[P+](=O)O[C@@H]2[C@@H](F)[C@@H](COP(=S)(OCCC#N)O[C@H]3[C@H]4OC[C@]3(CO)O[C@H]4n3cnc4c(NC(=O)c5ccccc5)ncnc43)O[C@H]2n2cnc3c(=O)[nH]c(NC(=O)C(C)C)nc32)c(=O)[nH]1. The van der Waals surface area contributed by atoms with Gasteiger partial charge in [0.15, 0.2) is 106 Å². The fourth-order valence-corrected chi connectivity index (χ4v) is 19.3. The van der Waals surface area contributed by atoms with Crippen LogP contribution >= 0.6 is 21.7 Å². The van der Waals surface area contributed by atoms with Crippen molar-refractivity contribution in [1.82, 2.24) is 78.1 Å². The standard InChI is InChI=1S/C70H71F2N22O23P3S2/c1-33(2)57(97)87-67-85-55-43(61(101)89-67)81-31-93(55)63-45(39(71)37(110-63)21-108-119(121,106-19-11-17-73)116-49-47-65(112-69(49,23-95)25-104-47)91-29-79-41-51(75-27-77-53(41)91)83-59(99)35-13-7-5-8-14-35)114-118(103)115-46-40(72)38(111-64(46)94-32-82-44-56(94)86-68(90-62(44)102)88-58(98)34(3)4)22-109-120(122,107-20-12-18-74)117-50-48-66(113-70(50,24-96)26-105-48)92-30-80-42-52(76-28-78-54(42)92)84-60(100)36-15-9-6-10-16-36/h5-10,13-16,27-34,37-40,45-50,63-66,95-96H,11-12,19-26H2,1-4H3,(H5-,75,76,77,78,83,84,85,86,87,88,89,90,97,98,99,100,101,102)/p+1/t37-,38-,39+,40+,45-,46-,47-,48-,49+,50+,63-,64-,65-,66-,69+,70+,119?,120?/m1/s1. The number of carbonyl (C=O) groups excluding carboxylic acids is 4.